The Morgan fingerprint density at radius 2 is 1.07 bits per heavy atom. The molecular formula is C54H72N4O16. The van der Waals surface area contributed by atoms with Gasteiger partial charge in [0.1, 0.15) is 26.4 Å². The average molecular weight is 1030 g/mol. The monoisotopic (exact) mass is 1030 g/mol. The zero-order valence-electron chi connectivity index (χ0n) is 43.3. The molecule has 4 saturated heterocycles. The molecular weight excluding hydrogens is 961 g/mol. The van der Waals surface area contributed by atoms with Gasteiger partial charge in [0, 0.05) is 26.3 Å². The van der Waals surface area contributed by atoms with Crippen molar-refractivity contribution in [1.29, 1.82) is 0 Å². The largest absolute Gasteiger partial charge is 0.480 e. The molecule has 2 aromatic rings. The van der Waals surface area contributed by atoms with Crippen LogP contribution in [-0.2, 0) is 52.2 Å². The number of piperidine rings is 2. The molecule has 2 aromatic carbocycles. The molecule has 0 aromatic heterocycles. The average Bonchev–Trinajstić information content (AvgIpc) is 3.54. The van der Waals surface area contributed by atoms with E-state index in [1.54, 1.807) is 22.8 Å². The predicted molar refractivity (Wildman–Crippen MR) is 269 cm³/mol. The van der Waals surface area contributed by atoms with Crippen LogP contribution in [0.15, 0.2) is 49.6 Å². The van der Waals surface area contributed by atoms with Gasteiger partial charge in [-0.1, -0.05) is 25.3 Å². The Morgan fingerprint density at radius 3 is 1.46 bits per heavy atom. The standard InChI is InChI=1S/C28H38N2O8.C26H34N2O8/c1-5-12-36-28(33)30-22-15-19(4)18(3)14-21(22)26(32)29-11-10-20(37-17-24(31)34-6-2)16-23(29)27(30)38-25-9-7-8-13-35-25;1-4-10-34-26(32)28-20-13-17(3)16(2)12-19(20)24(31)27-9-8-18(35-15-22(29)30)14-21(27)25(28)36-23-7-5-6-11-33-23/h5,14-15,20,23,25,27H,1,6-13,16-17H2,2-4H3;4,12-13,18,21,23,25H,1,5-11,14-15H2,2-3H3,(H,29,30)/t20-,23+,25?,27?;18-,21+,23?,25?/m11/s1. The van der Waals surface area contributed by atoms with Crippen LogP contribution in [0.5, 0.6) is 0 Å². The summed E-state index contributed by atoms with van der Waals surface area (Å²) in [5.74, 6) is -1.91. The number of nitrogens with zero attached hydrogens (tertiary/aromatic N) is 4. The number of esters is 1. The van der Waals surface area contributed by atoms with Crippen molar-refractivity contribution in [1.82, 2.24) is 9.80 Å². The van der Waals surface area contributed by atoms with Crippen molar-refractivity contribution in [3.05, 3.63) is 83.0 Å². The van der Waals surface area contributed by atoms with Gasteiger partial charge in [-0.3, -0.25) is 9.59 Å². The lowest BCUT2D eigenvalue weighted by molar-refractivity contribution is -0.202. The van der Waals surface area contributed by atoms with Gasteiger partial charge in [0.2, 0.25) is 0 Å². The number of ether oxygens (including phenoxy) is 9. The van der Waals surface area contributed by atoms with Gasteiger partial charge in [-0.15, -0.1) is 0 Å². The van der Waals surface area contributed by atoms with Crippen LogP contribution in [0.2, 0.25) is 0 Å². The van der Waals surface area contributed by atoms with E-state index in [0.29, 0.717) is 87.3 Å². The highest BCUT2D eigenvalue weighted by atomic mass is 16.7. The topological polar surface area (TPSA) is 219 Å². The van der Waals surface area contributed by atoms with E-state index < -0.39 is 74.0 Å². The molecule has 4 unspecified atom stereocenters. The normalized spacial score (nSPS) is 25.6. The number of carbonyl (C=O) groups is 6. The summed E-state index contributed by atoms with van der Waals surface area (Å²) in [6.45, 7) is 18.2. The molecule has 0 spiro atoms. The molecule has 1 N–H and O–H groups in total. The number of carboxylic acids is 1. The molecule has 0 saturated carbocycles. The first-order valence-electron chi connectivity index (χ1n) is 25.8. The molecule has 0 radical (unpaired) electrons. The fourth-order valence-corrected chi connectivity index (χ4v) is 10.2. The highest BCUT2D eigenvalue weighted by Gasteiger charge is 2.50. The third-order valence-electron chi connectivity index (χ3n) is 14.2. The summed E-state index contributed by atoms with van der Waals surface area (Å²) in [7, 11) is 0. The van der Waals surface area contributed by atoms with Gasteiger partial charge in [-0.05, 0) is 145 Å². The minimum atomic E-state index is -1.06. The molecule has 6 aliphatic heterocycles. The summed E-state index contributed by atoms with van der Waals surface area (Å²) in [4.78, 5) is 84.2. The Hall–Kier alpha value is -5.90. The van der Waals surface area contributed by atoms with Crippen LogP contribution in [-0.4, -0.2) is 160 Å². The summed E-state index contributed by atoms with van der Waals surface area (Å²) >= 11 is 0. The fraction of sp³-hybridized carbons (Fsp3) is 0.593. The number of fused-ring (bicyclic) bond motifs is 4. The van der Waals surface area contributed by atoms with Crippen LogP contribution in [0.3, 0.4) is 0 Å². The molecule has 6 aliphatic rings. The van der Waals surface area contributed by atoms with Crippen molar-refractivity contribution in [3.8, 4) is 0 Å². The Labute approximate surface area is 432 Å². The summed E-state index contributed by atoms with van der Waals surface area (Å²) < 4.78 is 52.2. The maximum atomic E-state index is 13.9. The second kappa shape index (κ2) is 26.0. The van der Waals surface area contributed by atoms with Gasteiger partial charge in [-0.25, -0.2) is 29.0 Å². The SMILES string of the molecule is C=CCOC(=O)N1c2cc(C)c(C)cc2C(=O)N2CC[C@@H](OCC(=O)O)C[C@H]2C1OC1CCCCO1.C=CCOC(=O)N1c2cc(C)c(C)cc2C(=O)N2CC[C@@H](OCC(=O)OCC)C[C@H]2C1OC1CCCCO1. The number of carboxylic acid groups (broad SMARTS) is 1. The van der Waals surface area contributed by atoms with Crippen LogP contribution in [0.4, 0.5) is 21.0 Å². The first-order valence-corrected chi connectivity index (χ1v) is 25.8. The van der Waals surface area contributed by atoms with Gasteiger partial charge in [-0.2, -0.15) is 0 Å². The highest BCUT2D eigenvalue weighted by Crippen LogP contribution is 2.41. The van der Waals surface area contributed by atoms with Gasteiger partial charge >= 0.3 is 24.1 Å². The van der Waals surface area contributed by atoms with Crippen LogP contribution in [0.25, 0.3) is 0 Å². The van der Waals surface area contributed by atoms with Crippen LogP contribution in [0, 0.1) is 27.7 Å². The molecule has 8 atom stereocenters. The van der Waals surface area contributed by atoms with Gasteiger partial charge in [0.25, 0.3) is 11.8 Å². The van der Waals surface area contributed by atoms with E-state index in [4.69, 9.17) is 47.7 Å². The maximum absolute atomic E-state index is 13.9. The van der Waals surface area contributed by atoms with Crippen LogP contribution >= 0.6 is 0 Å². The van der Waals surface area contributed by atoms with Crippen LogP contribution < -0.4 is 9.80 Å². The zero-order valence-corrected chi connectivity index (χ0v) is 43.3. The number of aliphatic carboxylic acids is 1. The molecule has 20 nitrogen and oxygen atoms in total. The third-order valence-corrected chi connectivity index (χ3v) is 14.2. The lowest BCUT2D eigenvalue weighted by atomic mass is 9.97. The van der Waals surface area contributed by atoms with E-state index >= 15 is 0 Å². The minimum Gasteiger partial charge on any atom is -0.480 e. The fourth-order valence-electron chi connectivity index (χ4n) is 10.2. The number of aryl methyl sites for hydroxylation is 4. The molecule has 6 heterocycles. The highest BCUT2D eigenvalue weighted by molar-refractivity contribution is 6.06. The van der Waals surface area contributed by atoms with Crippen molar-refractivity contribution < 1.29 is 76.5 Å². The Bertz CT molecular complexity index is 2370. The van der Waals surface area contributed by atoms with E-state index in [9.17, 15) is 28.8 Å². The Kier molecular flexibility index (Phi) is 19.7. The molecule has 20 heteroatoms. The first kappa shape index (κ1) is 55.8. The maximum Gasteiger partial charge on any atom is 0.416 e. The smallest absolute Gasteiger partial charge is 0.416 e. The third kappa shape index (κ3) is 13.3. The summed E-state index contributed by atoms with van der Waals surface area (Å²) in [5, 5.41) is 9.09. The zero-order chi connectivity index (χ0) is 53.1. The van der Waals surface area contributed by atoms with Crippen molar-refractivity contribution in [2.24, 2.45) is 0 Å². The summed E-state index contributed by atoms with van der Waals surface area (Å²) in [6.07, 6.45) is 4.76. The molecule has 404 valence electrons. The molecule has 0 bridgehead atoms. The summed E-state index contributed by atoms with van der Waals surface area (Å²) in [6, 6.07) is 6.11. The van der Waals surface area contributed by atoms with Gasteiger partial charge in [0.05, 0.1) is 53.4 Å². The van der Waals surface area contributed by atoms with Crippen molar-refractivity contribution in [2.75, 3.05) is 69.1 Å². The predicted octanol–water partition coefficient (Wildman–Crippen LogP) is 7.26. The summed E-state index contributed by atoms with van der Waals surface area (Å²) in [5.41, 5.74) is 5.36. The second-order valence-corrected chi connectivity index (χ2v) is 19.3. The van der Waals surface area contributed by atoms with E-state index in [1.165, 1.54) is 22.0 Å². The molecule has 8 rings (SSSR count). The number of amides is 4. The van der Waals surface area contributed by atoms with Crippen LogP contribution in [0.1, 0.15) is 114 Å². The van der Waals surface area contributed by atoms with Gasteiger partial charge < -0.3 is 57.5 Å². The molecule has 0 aliphatic carbocycles. The van der Waals surface area contributed by atoms with Crippen molar-refractivity contribution in [3.63, 3.8) is 0 Å². The minimum absolute atomic E-state index is 0.00513. The first-order chi connectivity index (χ1) is 35.6. The van der Waals surface area contributed by atoms with Crippen molar-refractivity contribution >= 4 is 47.3 Å². The van der Waals surface area contributed by atoms with E-state index in [2.05, 4.69) is 13.2 Å². The van der Waals surface area contributed by atoms with E-state index in [0.717, 1.165) is 47.9 Å². The quantitative estimate of drug-likeness (QED) is 0.105. The lowest BCUT2D eigenvalue weighted by Crippen LogP contribution is -2.59. The van der Waals surface area contributed by atoms with Crippen molar-refractivity contribution in [2.45, 2.75) is 148 Å². The Balaban J connectivity index is 0.000000217. The number of anilines is 2. The van der Waals surface area contributed by atoms with E-state index in [1.807, 2.05) is 45.9 Å². The Morgan fingerprint density at radius 1 is 0.635 bits per heavy atom. The number of rotatable bonds is 15. The molecule has 4 amide bonds. The lowest BCUT2D eigenvalue weighted by Gasteiger charge is -2.44. The molecule has 74 heavy (non-hydrogen) atoms. The number of hydrogen-bond donors (Lipinski definition) is 1. The second-order valence-electron chi connectivity index (χ2n) is 19.3. The van der Waals surface area contributed by atoms with E-state index in [-0.39, 0.29) is 44.3 Å². The number of benzene rings is 2. The van der Waals surface area contributed by atoms with Gasteiger partial charge in [0.15, 0.2) is 25.0 Å². The molecule has 4 fully saturated rings. The number of hydrogen-bond acceptors (Lipinski definition) is 15. The number of carbonyl (C=O) groups excluding carboxylic acids is 5.